The number of amides is 1. The van der Waals surface area contributed by atoms with E-state index >= 15 is 0 Å². The number of halogens is 1. The summed E-state index contributed by atoms with van der Waals surface area (Å²) >= 11 is 7.87. The second-order valence-electron chi connectivity index (χ2n) is 10.4. The van der Waals surface area contributed by atoms with Gasteiger partial charge in [0, 0.05) is 32.7 Å². The Morgan fingerprint density at radius 1 is 0.955 bits per heavy atom. The number of nitrogens with zero attached hydrogens (tertiary/aromatic N) is 2. The van der Waals surface area contributed by atoms with Crippen molar-refractivity contribution in [3.8, 4) is 0 Å². The van der Waals surface area contributed by atoms with Crippen molar-refractivity contribution in [1.29, 1.82) is 0 Å². The molecule has 0 bridgehead atoms. The Bertz CT molecular complexity index is 1750. The van der Waals surface area contributed by atoms with Gasteiger partial charge in [0.05, 0.1) is 18.0 Å². The normalized spacial score (nSPS) is 12.4. The van der Waals surface area contributed by atoms with Crippen molar-refractivity contribution in [1.82, 2.24) is 4.98 Å². The Hall–Kier alpha value is -3.53. The third-order valence-electron chi connectivity index (χ3n) is 7.40. The fraction of sp³-hybridized carbons (Fsp3) is 0.324. The lowest BCUT2D eigenvalue weighted by Gasteiger charge is -2.21. The summed E-state index contributed by atoms with van der Waals surface area (Å²) in [7, 11) is -2.82. The first-order valence-electron chi connectivity index (χ1n) is 14.6. The number of fused-ring (bicyclic) bond motifs is 1. The molecule has 0 aliphatic heterocycles. The molecule has 7 nitrogen and oxygen atoms in total. The summed E-state index contributed by atoms with van der Waals surface area (Å²) in [5.74, 6) is -0.600. The Morgan fingerprint density at radius 3 is 2.52 bits per heavy atom. The molecule has 2 unspecified atom stereocenters. The quantitative estimate of drug-likeness (QED) is 0.128. The summed E-state index contributed by atoms with van der Waals surface area (Å²) in [6.07, 6.45) is 3.45. The molecule has 0 fully saturated rings. The lowest BCUT2D eigenvalue weighted by Crippen LogP contribution is -2.20. The van der Waals surface area contributed by atoms with E-state index in [4.69, 9.17) is 21.3 Å². The molecule has 230 valence electrons. The molecule has 3 aromatic carbocycles. The Morgan fingerprint density at radius 2 is 1.75 bits per heavy atom. The Labute approximate surface area is 269 Å². The van der Waals surface area contributed by atoms with Gasteiger partial charge in [-0.2, -0.15) is 20.2 Å². The van der Waals surface area contributed by atoms with Gasteiger partial charge in [0.25, 0.3) is 5.91 Å². The van der Waals surface area contributed by atoms with E-state index in [9.17, 15) is 18.0 Å². The molecule has 4 aromatic rings. The fourth-order valence-electron chi connectivity index (χ4n) is 5.03. The van der Waals surface area contributed by atoms with Crippen LogP contribution in [0.4, 0.5) is 0 Å². The zero-order valence-electron chi connectivity index (χ0n) is 24.7. The van der Waals surface area contributed by atoms with E-state index < -0.39 is 16.4 Å². The standard InChI is InChI=1S/C34H35ClN2O5S2/c1-3-24(34(39)42-4-2)22-43-32(19-15-25-9-5-6-11-30(25)33(38)37-44(40)41)27-10-7-8-23(20-27)12-17-29-18-14-26-13-16-28(35)21-31(26)36-29/h5-11,13-14,16,18,20-21,24,32H,3-4,12,15,17,19,22H2,1-2H3. The van der Waals surface area contributed by atoms with Crippen LogP contribution in [0, 0.1) is 5.92 Å². The Kier molecular flexibility index (Phi) is 12.5. The molecule has 1 aromatic heterocycles. The molecule has 0 radical (unpaired) electrons. The molecule has 0 aliphatic carbocycles. The van der Waals surface area contributed by atoms with Crippen molar-refractivity contribution in [2.45, 2.75) is 51.2 Å². The van der Waals surface area contributed by atoms with Crippen molar-refractivity contribution < 1.29 is 22.7 Å². The maximum atomic E-state index is 12.5. The number of aryl methyl sites for hydroxylation is 3. The highest BCUT2D eigenvalue weighted by Crippen LogP contribution is 2.36. The first-order chi connectivity index (χ1) is 21.3. The zero-order chi connectivity index (χ0) is 31.5. The van der Waals surface area contributed by atoms with Gasteiger partial charge in [-0.25, -0.2) is 0 Å². The van der Waals surface area contributed by atoms with Crippen LogP contribution in [0.3, 0.4) is 0 Å². The van der Waals surface area contributed by atoms with Gasteiger partial charge < -0.3 is 4.74 Å². The molecule has 1 amide bonds. The number of carbonyl (C=O) groups is 2. The summed E-state index contributed by atoms with van der Waals surface area (Å²) in [5, 5.41) is 1.73. The number of rotatable bonds is 14. The highest BCUT2D eigenvalue weighted by Gasteiger charge is 2.22. The van der Waals surface area contributed by atoms with Gasteiger partial charge in [-0.3, -0.25) is 14.6 Å². The summed E-state index contributed by atoms with van der Waals surface area (Å²) in [6.45, 7) is 4.13. The third kappa shape index (κ3) is 9.48. The van der Waals surface area contributed by atoms with Crippen LogP contribution in [0.25, 0.3) is 10.9 Å². The van der Waals surface area contributed by atoms with Gasteiger partial charge >= 0.3 is 16.5 Å². The van der Waals surface area contributed by atoms with Crippen LogP contribution < -0.4 is 0 Å². The lowest BCUT2D eigenvalue weighted by atomic mass is 9.97. The molecule has 2 atom stereocenters. The second kappa shape index (κ2) is 16.5. The van der Waals surface area contributed by atoms with Gasteiger partial charge in [0.15, 0.2) is 0 Å². The topological polar surface area (TPSA) is 103 Å². The number of carbonyl (C=O) groups excluding carboxylic acids is 2. The van der Waals surface area contributed by atoms with E-state index in [0.717, 1.165) is 40.6 Å². The number of ether oxygens (including phenoxy) is 1. The maximum Gasteiger partial charge on any atom is 0.319 e. The maximum absolute atomic E-state index is 12.5. The summed E-state index contributed by atoms with van der Waals surface area (Å²) < 4.78 is 30.6. The number of esters is 1. The summed E-state index contributed by atoms with van der Waals surface area (Å²) in [4.78, 5) is 29.8. The van der Waals surface area contributed by atoms with Crippen molar-refractivity contribution in [2.24, 2.45) is 10.3 Å². The molecule has 0 saturated heterocycles. The highest BCUT2D eigenvalue weighted by atomic mass is 35.5. The van der Waals surface area contributed by atoms with Crippen LogP contribution in [0.1, 0.15) is 64.7 Å². The average molecular weight is 651 g/mol. The van der Waals surface area contributed by atoms with Crippen LogP contribution in [0.15, 0.2) is 83.2 Å². The van der Waals surface area contributed by atoms with E-state index in [2.05, 4.69) is 28.6 Å². The van der Waals surface area contributed by atoms with Crippen LogP contribution in [0.5, 0.6) is 0 Å². The van der Waals surface area contributed by atoms with E-state index in [1.54, 1.807) is 23.9 Å². The molecule has 0 N–H and O–H groups in total. The van der Waals surface area contributed by atoms with Crippen molar-refractivity contribution in [3.63, 3.8) is 0 Å². The van der Waals surface area contributed by atoms with Crippen molar-refractivity contribution in [3.05, 3.63) is 112 Å². The SMILES string of the molecule is CCOC(=O)C(CC)CSC(CCc1ccccc1C(=O)N=S(=O)=O)c1cccc(CCc2ccc3ccc(Cl)cc3n2)c1. The average Bonchev–Trinajstić information content (AvgIpc) is 3.01. The minimum absolute atomic E-state index is 0.0214. The number of pyridine rings is 1. The third-order valence-corrected chi connectivity index (χ3v) is 9.45. The fourth-order valence-corrected chi connectivity index (χ4v) is 6.89. The predicted octanol–water partition coefficient (Wildman–Crippen LogP) is 7.87. The van der Waals surface area contributed by atoms with Crippen LogP contribution in [-0.2, 0) is 39.3 Å². The minimum atomic E-state index is -2.82. The largest absolute Gasteiger partial charge is 0.466 e. The predicted molar refractivity (Wildman–Crippen MR) is 177 cm³/mol. The smallest absolute Gasteiger partial charge is 0.319 e. The molecule has 44 heavy (non-hydrogen) atoms. The van der Waals surface area contributed by atoms with Gasteiger partial charge in [-0.05, 0) is 80.0 Å². The number of thioether (sulfide) groups is 1. The van der Waals surface area contributed by atoms with E-state index in [-0.39, 0.29) is 22.7 Å². The molecule has 0 aliphatic rings. The van der Waals surface area contributed by atoms with Gasteiger partial charge in [0.2, 0.25) is 0 Å². The van der Waals surface area contributed by atoms with Gasteiger partial charge in [-0.1, -0.05) is 77.5 Å². The zero-order valence-corrected chi connectivity index (χ0v) is 27.1. The van der Waals surface area contributed by atoms with Crippen LogP contribution in [-0.4, -0.2) is 37.6 Å². The van der Waals surface area contributed by atoms with Crippen LogP contribution >= 0.6 is 23.4 Å². The molecule has 0 spiro atoms. The highest BCUT2D eigenvalue weighted by molar-refractivity contribution is 7.99. The molecule has 4 rings (SSSR count). The van der Waals surface area contributed by atoms with Crippen molar-refractivity contribution in [2.75, 3.05) is 12.4 Å². The number of hydrogen-bond donors (Lipinski definition) is 0. The molecule has 1 heterocycles. The number of benzene rings is 3. The van der Waals surface area contributed by atoms with Gasteiger partial charge in [-0.15, -0.1) is 0 Å². The number of aromatic nitrogens is 1. The minimum Gasteiger partial charge on any atom is -0.466 e. The second-order valence-corrected chi connectivity index (χ2v) is 12.7. The van der Waals surface area contributed by atoms with E-state index in [1.165, 1.54) is 5.56 Å². The lowest BCUT2D eigenvalue weighted by molar-refractivity contribution is -0.147. The monoisotopic (exact) mass is 650 g/mol. The summed E-state index contributed by atoms with van der Waals surface area (Å²) in [6, 6.07) is 25.2. The van der Waals surface area contributed by atoms with E-state index in [0.29, 0.717) is 36.6 Å². The number of hydrogen-bond acceptors (Lipinski definition) is 7. The molecule has 0 saturated carbocycles. The summed E-state index contributed by atoms with van der Waals surface area (Å²) in [5.41, 5.74) is 5.16. The Balaban J connectivity index is 1.54. The first kappa shape index (κ1) is 33.4. The van der Waals surface area contributed by atoms with E-state index in [1.807, 2.05) is 56.3 Å². The molecular weight excluding hydrogens is 616 g/mol. The van der Waals surface area contributed by atoms with Gasteiger partial charge in [0.1, 0.15) is 0 Å². The molecular formula is C34H35ClN2O5S2. The van der Waals surface area contributed by atoms with Crippen LogP contribution in [0.2, 0.25) is 5.02 Å². The molecule has 10 heteroatoms. The first-order valence-corrected chi connectivity index (χ1v) is 17.1. The van der Waals surface area contributed by atoms with Crippen molar-refractivity contribution >= 4 is 56.6 Å².